The Bertz CT molecular complexity index is 1160. The molecule has 2 aromatic carbocycles. The summed E-state index contributed by atoms with van der Waals surface area (Å²) >= 11 is 7.48. The van der Waals surface area contributed by atoms with E-state index in [9.17, 15) is 9.59 Å². The molecule has 0 fully saturated rings. The van der Waals surface area contributed by atoms with E-state index in [1.807, 2.05) is 0 Å². The topological polar surface area (TPSA) is 76.7 Å². The van der Waals surface area contributed by atoms with Crippen LogP contribution in [0.4, 0.5) is 10.7 Å². The van der Waals surface area contributed by atoms with E-state index in [-0.39, 0.29) is 11.8 Å². The molecule has 0 radical (unpaired) electrons. The standard InChI is InChI=1S/C25H25ClN2O4S/c1-15(32-19-7-5-6-16(26)14-19)23(29)28-25-22(20-8-3-4-9-21(20)33-25)24(30)27-17-10-12-18(31-2)13-11-17/h5-7,10-15H,3-4,8-9H2,1-2H3,(H,27,30)(H,28,29)/t15-/m0/s1. The Morgan fingerprint density at radius 3 is 2.52 bits per heavy atom. The summed E-state index contributed by atoms with van der Waals surface area (Å²) < 4.78 is 10.9. The van der Waals surface area contributed by atoms with E-state index in [1.165, 1.54) is 11.3 Å². The van der Waals surface area contributed by atoms with Crippen molar-refractivity contribution in [3.63, 3.8) is 0 Å². The van der Waals surface area contributed by atoms with Crippen LogP contribution in [0.3, 0.4) is 0 Å². The number of nitrogens with one attached hydrogen (secondary N) is 2. The number of halogens is 1. The van der Waals surface area contributed by atoms with Gasteiger partial charge in [0, 0.05) is 15.6 Å². The van der Waals surface area contributed by atoms with Crippen molar-refractivity contribution in [3.05, 3.63) is 69.6 Å². The Hall–Kier alpha value is -3.03. The summed E-state index contributed by atoms with van der Waals surface area (Å²) in [6.07, 6.45) is 3.07. The van der Waals surface area contributed by atoms with Gasteiger partial charge in [0.25, 0.3) is 11.8 Å². The van der Waals surface area contributed by atoms with Gasteiger partial charge in [0.05, 0.1) is 12.7 Å². The van der Waals surface area contributed by atoms with Crippen LogP contribution >= 0.6 is 22.9 Å². The molecule has 0 saturated carbocycles. The number of thiophene rings is 1. The molecule has 2 N–H and O–H groups in total. The second-order valence-electron chi connectivity index (χ2n) is 7.80. The second-order valence-corrected chi connectivity index (χ2v) is 9.35. The average Bonchev–Trinajstić information content (AvgIpc) is 3.17. The predicted octanol–water partition coefficient (Wildman–Crippen LogP) is 5.95. The quantitative estimate of drug-likeness (QED) is 0.434. The molecule has 6 nitrogen and oxygen atoms in total. The number of carbonyl (C=O) groups is 2. The van der Waals surface area contributed by atoms with E-state index in [2.05, 4.69) is 10.6 Å². The molecule has 0 aliphatic heterocycles. The summed E-state index contributed by atoms with van der Waals surface area (Å²) in [7, 11) is 1.59. The van der Waals surface area contributed by atoms with Crippen molar-refractivity contribution in [2.75, 3.05) is 17.7 Å². The van der Waals surface area contributed by atoms with Crippen molar-refractivity contribution in [1.82, 2.24) is 0 Å². The molecule has 172 valence electrons. The van der Waals surface area contributed by atoms with Crippen LogP contribution in [0.2, 0.25) is 5.02 Å². The first-order valence-electron chi connectivity index (χ1n) is 10.8. The van der Waals surface area contributed by atoms with Crippen molar-refractivity contribution in [2.45, 2.75) is 38.7 Å². The summed E-state index contributed by atoms with van der Waals surface area (Å²) in [5, 5.41) is 6.96. The number of benzene rings is 2. The number of ether oxygens (including phenoxy) is 2. The lowest BCUT2D eigenvalue weighted by Crippen LogP contribution is -2.30. The van der Waals surface area contributed by atoms with E-state index in [1.54, 1.807) is 62.6 Å². The molecule has 2 amide bonds. The SMILES string of the molecule is COc1ccc(NC(=O)c2c(NC(=O)[C@H](C)Oc3cccc(Cl)c3)sc3c2CCCC3)cc1. The van der Waals surface area contributed by atoms with Crippen LogP contribution in [0.15, 0.2) is 48.5 Å². The van der Waals surface area contributed by atoms with E-state index in [4.69, 9.17) is 21.1 Å². The van der Waals surface area contributed by atoms with Crippen LogP contribution in [-0.4, -0.2) is 25.0 Å². The van der Waals surface area contributed by atoms with Crippen molar-refractivity contribution in [2.24, 2.45) is 0 Å². The second kappa shape index (κ2) is 10.3. The zero-order valence-corrected chi connectivity index (χ0v) is 20.0. The maximum absolute atomic E-state index is 13.3. The number of carbonyl (C=O) groups excluding carboxylic acids is 2. The van der Waals surface area contributed by atoms with Gasteiger partial charge in [0.1, 0.15) is 16.5 Å². The van der Waals surface area contributed by atoms with Crippen molar-refractivity contribution >= 4 is 45.4 Å². The van der Waals surface area contributed by atoms with Gasteiger partial charge in [0.15, 0.2) is 6.10 Å². The Balaban J connectivity index is 1.54. The molecule has 1 aliphatic carbocycles. The molecular formula is C25H25ClN2O4S. The molecule has 1 atom stereocenters. The van der Waals surface area contributed by atoms with Crippen LogP contribution in [0, 0.1) is 0 Å². The minimum absolute atomic E-state index is 0.238. The van der Waals surface area contributed by atoms with Crippen molar-refractivity contribution < 1.29 is 19.1 Å². The summed E-state index contributed by atoms with van der Waals surface area (Å²) in [6, 6.07) is 14.0. The lowest BCUT2D eigenvalue weighted by Gasteiger charge is -2.16. The van der Waals surface area contributed by atoms with E-state index >= 15 is 0 Å². The number of anilines is 2. The Labute approximate surface area is 201 Å². The van der Waals surface area contributed by atoms with E-state index in [0.29, 0.717) is 32.8 Å². The normalized spacial score (nSPS) is 13.5. The highest BCUT2D eigenvalue weighted by molar-refractivity contribution is 7.17. The molecule has 0 spiro atoms. The van der Waals surface area contributed by atoms with Gasteiger partial charge >= 0.3 is 0 Å². The fourth-order valence-electron chi connectivity index (χ4n) is 3.77. The Morgan fingerprint density at radius 2 is 1.79 bits per heavy atom. The first-order chi connectivity index (χ1) is 15.9. The maximum Gasteiger partial charge on any atom is 0.265 e. The third-order valence-electron chi connectivity index (χ3n) is 5.46. The van der Waals surface area contributed by atoms with Gasteiger partial charge in [-0.25, -0.2) is 0 Å². The molecule has 0 saturated heterocycles. The van der Waals surface area contributed by atoms with Crippen LogP contribution < -0.4 is 20.1 Å². The Morgan fingerprint density at radius 1 is 1.03 bits per heavy atom. The Kier molecular flexibility index (Phi) is 7.20. The van der Waals surface area contributed by atoms with Gasteiger partial charge in [-0.2, -0.15) is 0 Å². The number of amides is 2. The molecule has 3 aromatic rings. The largest absolute Gasteiger partial charge is 0.497 e. The monoisotopic (exact) mass is 484 g/mol. The fourth-order valence-corrected chi connectivity index (χ4v) is 5.24. The zero-order valence-electron chi connectivity index (χ0n) is 18.4. The van der Waals surface area contributed by atoms with Crippen LogP contribution in [0.1, 0.15) is 40.6 Å². The van der Waals surface area contributed by atoms with Crippen molar-refractivity contribution in [3.8, 4) is 11.5 Å². The number of rotatable bonds is 7. The van der Waals surface area contributed by atoms with E-state index < -0.39 is 6.10 Å². The molecule has 0 unspecified atom stereocenters. The smallest absolute Gasteiger partial charge is 0.265 e. The van der Waals surface area contributed by atoms with Crippen LogP contribution in [0.5, 0.6) is 11.5 Å². The van der Waals surface area contributed by atoms with Gasteiger partial charge in [-0.1, -0.05) is 17.7 Å². The van der Waals surface area contributed by atoms with Crippen LogP contribution in [-0.2, 0) is 17.6 Å². The summed E-state index contributed by atoms with van der Waals surface area (Å²) in [5.41, 5.74) is 2.22. The molecule has 1 aromatic heterocycles. The van der Waals surface area contributed by atoms with Crippen LogP contribution in [0.25, 0.3) is 0 Å². The first-order valence-corrected chi connectivity index (χ1v) is 12.0. The summed E-state index contributed by atoms with van der Waals surface area (Å²) in [5.74, 6) is 0.654. The zero-order chi connectivity index (χ0) is 23.4. The molecule has 33 heavy (non-hydrogen) atoms. The summed E-state index contributed by atoms with van der Waals surface area (Å²) in [4.78, 5) is 27.3. The van der Waals surface area contributed by atoms with E-state index in [0.717, 1.165) is 36.1 Å². The molecular weight excluding hydrogens is 460 g/mol. The minimum atomic E-state index is -0.764. The lowest BCUT2D eigenvalue weighted by atomic mass is 9.95. The number of hydrogen-bond donors (Lipinski definition) is 2. The van der Waals surface area contributed by atoms with Crippen molar-refractivity contribution in [1.29, 1.82) is 0 Å². The van der Waals surface area contributed by atoms with Gasteiger partial charge < -0.3 is 20.1 Å². The first kappa shape index (κ1) is 23.1. The predicted molar refractivity (Wildman–Crippen MR) is 132 cm³/mol. The third-order valence-corrected chi connectivity index (χ3v) is 6.90. The third kappa shape index (κ3) is 5.49. The van der Waals surface area contributed by atoms with Gasteiger partial charge in [-0.3, -0.25) is 9.59 Å². The number of aryl methyl sites for hydroxylation is 1. The maximum atomic E-state index is 13.3. The highest BCUT2D eigenvalue weighted by Crippen LogP contribution is 2.38. The number of methoxy groups -OCH3 is 1. The highest BCUT2D eigenvalue weighted by atomic mass is 35.5. The minimum Gasteiger partial charge on any atom is -0.497 e. The average molecular weight is 485 g/mol. The molecule has 0 bridgehead atoms. The molecule has 4 rings (SSSR count). The fraction of sp³-hybridized carbons (Fsp3) is 0.280. The van der Waals surface area contributed by atoms with Gasteiger partial charge in [-0.15, -0.1) is 11.3 Å². The van der Waals surface area contributed by atoms with Gasteiger partial charge in [0.2, 0.25) is 0 Å². The molecule has 1 heterocycles. The summed E-state index contributed by atoms with van der Waals surface area (Å²) in [6.45, 7) is 1.67. The van der Waals surface area contributed by atoms with Gasteiger partial charge in [-0.05, 0) is 80.6 Å². The highest BCUT2D eigenvalue weighted by Gasteiger charge is 2.28. The lowest BCUT2D eigenvalue weighted by molar-refractivity contribution is -0.122. The number of fused-ring (bicyclic) bond motifs is 1. The number of hydrogen-bond acceptors (Lipinski definition) is 5. The molecule has 8 heteroatoms. The molecule has 1 aliphatic rings.